The van der Waals surface area contributed by atoms with Gasteiger partial charge in [0.15, 0.2) is 5.96 Å². The van der Waals surface area contributed by atoms with Crippen LogP contribution in [0.5, 0.6) is 0 Å². The molecule has 1 aliphatic rings. The Kier molecular flexibility index (Phi) is 6.65. The van der Waals surface area contributed by atoms with Crippen LogP contribution in [-0.4, -0.2) is 18.0 Å². The van der Waals surface area contributed by atoms with Crippen molar-refractivity contribution in [3.8, 4) is 0 Å². The molecule has 2 N–H and O–H groups in total. The number of hydrogen-bond acceptors (Lipinski definition) is 3. The van der Waals surface area contributed by atoms with Crippen LogP contribution in [0.3, 0.4) is 0 Å². The third kappa shape index (κ3) is 4.49. The van der Waals surface area contributed by atoms with Gasteiger partial charge in [0.2, 0.25) is 5.89 Å². The van der Waals surface area contributed by atoms with Crippen LogP contribution in [-0.2, 0) is 25.9 Å². The van der Waals surface area contributed by atoms with E-state index in [0.29, 0.717) is 12.4 Å². The van der Waals surface area contributed by atoms with Gasteiger partial charge >= 0.3 is 0 Å². The second-order valence-corrected chi connectivity index (χ2v) is 5.99. The summed E-state index contributed by atoms with van der Waals surface area (Å²) in [5.41, 5.74) is 5.23. The minimum atomic E-state index is 0. The van der Waals surface area contributed by atoms with Crippen LogP contribution in [0.15, 0.2) is 27.6 Å². The Morgan fingerprint density at radius 3 is 2.62 bits per heavy atom. The van der Waals surface area contributed by atoms with Crippen LogP contribution in [0.2, 0.25) is 0 Å². The maximum Gasteiger partial charge on any atom is 0.214 e. The van der Waals surface area contributed by atoms with Crippen molar-refractivity contribution in [2.75, 3.05) is 7.05 Å². The molecule has 6 heteroatoms. The molecule has 0 aliphatic heterocycles. The van der Waals surface area contributed by atoms with E-state index in [1.807, 2.05) is 13.8 Å². The van der Waals surface area contributed by atoms with Gasteiger partial charge < -0.3 is 15.1 Å². The summed E-state index contributed by atoms with van der Waals surface area (Å²) in [5, 5.41) is 6.57. The quantitative estimate of drug-likeness (QED) is 0.435. The molecule has 0 saturated carbocycles. The van der Waals surface area contributed by atoms with Crippen LogP contribution in [0, 0.1) is 13.8 Å². The third-order valence-corrected chi connectivity index (χ3v) is 4.33. The summed E-state index contributed by atoms with van der Waals surface area (Å²) in [5.74, 6) is 2.29. The van der Waals surface area contributed by atoms with Gasteiger partial charge in [0.1, 0.15) is 5.76 Å². The van der Waals surface area contributed by atoms with Crippen LogP contribution in [0.1, 0.15) is 40.5 Å². The van der Waals surface area contributed by atoms with E-state index in [9.17, 15) is 0 Å². The Hall–Kier alpha value is -1.57. The largest absolute Gasteiger partial charge is 0.444 e. The molecule has 1 aromatic carbocycles. The second-order valence-electron chi connectivity index (χ2n) is 5.99. The summed E-state index contributed by atoms with van der Waals surface area (Å²) in [4.78, 5) is 8.61. The lowest BCUT2D eigenvalue weighted by Crippen LogP contribution is -2.36. The topological polar surface area (TPSA) is 62.5 Å². The zero-order valence-corrected chi connectivity index (χ0v) is 16.8. The Balaban J connectivity index is 0.00000208. The fourth-order valence-corrected chi connectivity index (χ4v) is 2.92. The van der Waals surface area contributed by atoms with Gasteiger partial charge in [-0.1, -0.05) is 18.2 Å². The molecule has 0 fully saturated rings. The van der Waals surface area contributed by atoms with E-state index in [0.717, 1.165) is 24.0 Å². The summed E-state index contributed by atoms with van der Waals surface area (Å²) < 4.78 is 5.57. The minimum Gasteiger partial charge on any atom is -0.444 e. The van der Waals surface area contributed by atoms with Gasteiger partial charge in [0.05, 0.1) is 12.2 Å². The maximum absolute atomic E-state index is 5.57. The number of rotatable bonds is 4. The predicted octanol–water partition coefficient (Wildman–Crippen LogP) is 3.26. The monoisotopic (exact) mass is 440 g/mol. The lowest BCUT2D eigenvalue weighted by Gasteiger charge is -2.11. The van der Waals surface area contributed by atoms with Gasteiger partial charge in [-0.25, -0.2) is 4.98 Å². The molecule has 0 amide bonds. The molecule has 130 valence electrons. The number of nitrogens with one attached hydrogen (secondary N) is 2. The summed E-state index contributed by atoms with van der Waals surface area (Å²) in [6.45, 7) is 5.16. The van der Waals surface area contributed by atoms with Crippen LogP contribution in [0.25, 0.3) is 0 Å². The molecular formula is C18H25IN4O. The SMILES string of the molecule is CN=C(NCc1ccc2c(c1)CCC2)NCc1nc(C)c(C)o1.I. The lowest BCUT2D eigenvalue weighted by atomic mass is 10.1. The van der Waals surface area contributed by atoms with Crippen molar-refractivity contribution in [3.63, 3.8) is 0 Å². The van der Waals surface area contributed by atoms with Gasteiger partial charge in [-0.15, -0.1) is 24.0 Å². The van der Waals surface area contributed by atoms with Gasteiger partial charge in [-0.05, 0) is 49.8 Å². The Labute approximate surface area is 160 Å². The maximum atomic E-state index is 5.57. The van der Waals surface area contributed by atoms with E-state index in [-0.39, 0.29) is 24.0 Å². The first-order valence-corrected chi connectivity index (χ1v) is 8.14. The molecule has 5 nitrogen and oxygen atoms in total. The van der Waals surface area contributed by atoms with Gasteiger partial charge in [-0.3, -0.25) is 4.99 Å². The highest BCUT2D eigenvalue weighted by atomic mass is 127. The zero-order chi connectivity index (χ0) is 16.2. The van der Waals surface area contributed by atoms with E-state index in [1.165, 1.54) is 36.0 Å². The van der Waals surface area contributed by atoms with Crippen molar-refractivity contribution in [2.24, 2.45) is 4.99 Å². The summed E-state index contributed by atoms with van der Waals surface area (Å²) in [7, 11) is 1.77. The molecule has 2 aromatic rings. The van der Waals surface area contributed by atoms with E-state index >= 15 is 0 Å². The van der Waals surface area contributed by atoms with E-state index in [4.69, 9.17) is 4.42 Å². The number of aromatic nitrogens is 1. The number of benzene rings is 1. The molecule has 1 heterocycles. The molecule has 0 saturated heterocycles. The van der Waals surface area contributed by atoms with Crippen LogP contribution < -0.4 is 10.6 Å². The minimum absolute atomic E-state index is 0. The highest BCUT2D eigenvalue weighted by molar-refractivity contribution is 14.0. The van der Waals surface area contributed by atoms with E-state index in [1.54, 1.807) is 7.05 Å². The van der Waals surface area contributed by atoms with Crippen molar-refractivity contribution in [2.45, 2.75) is 46.2 Å². The van der Waals surface area contributed by atoms with Crippen molar-refractivity contribution < 1.29 is 4.42 Å². The number of aryl methyl sites for hydroxylation is 4. The molecule has 0 bridgehead atoms. The molecule has 0 spiro atoms. The number of oxazole rings is 1. The molecular weight excluding hydrogens is 415 g/mol. The van der Waals surface area contributed by atoms with E-state index in [2.05, 4.69) is 38.8 Å². The number of hydrogen-bond donors (Lipinski definition) is 2. The highest BCUT2D eigenvalue weighted by Crippen LogP contribution is 2.22. The number of guanidine groups is 1. The third-order valence-electron chi connectivity index (χ3n) is 4.33. The fraction of sp³-hybridized carbons (Fsp3) is 0.444. The standard InChI is InChI=1S/C18H24N4O.HI/c1-12-13(2)23-17(22-12)11-21-18(19-3)20-10-14-7-8-15-5-4-6-16(15)9-14;/h7-9H,4-6,10-11H2,1-3H3,(H2,19,20,21);1H. The normalized spacial score (nSPS) is 13.4. The Morgan fingerprint density at radius 1 is 1.17 bits per heavy atom. The average Bonchev–Trinajstić information content (AvgIpc) is 3.14. The summed E-state index contributed by atoms with van der Waals surface area (Å²) in [6.07, 6.45) is 3.71. The Morgan fingerprint density at radius 2 is 1.92 bits per heavy atom. The predicted molar refractivity (Wildman–Crippen MR) is 107 cm³/mol. The molecule has 1 aliphatic carbocycles. The van der Waals surface area contributed by atoms with Crippen molar-refractivity contribution >= 4 is 29.9 Å². The van der Waals surface area contributed by atoms with Crippen LogP contribution in [0.4, 0.5) is 0 Å². The second kappa shape index (κ2) is 8.50. The summed E-state index contributed by atoms with van der Waals surface area (Å²) >= 11 is 0. The highest BCUT2D eigenvalue weighted by Gasteiger charge is 2.11. The van der Waals surface area contributed by atoms with Crippen molar-refractivity contribution in [3.05, 3.63) is 52.2 Å². The molecule has 24 heavy (non-hydrogen) atoms. The van der Waals surface area contributed by atoms with Gasteiger partial charge in [-0.2, -0.15) is 0 Å². The van der Waals surface area contributed by atoms with Crippen LogP contribution >= 0.6 is 24.0 Å². The molecule has 0 unspecified atom stereocenters. The number of fused-ring (bicyclic) bond motifs is 1. The smallest absolute Gasteiger partial charge is 0.214 e. The molecule has 0 atom stereocenters. The Bertz CT molecular complexity index is 704. The average molecular weight is 440 g/mol. The first-order valence-electron chi connectivity index (χ1n) is 8.14. The molecule has 1 aromatic heterocycles. The van der Waals surface area contributed by atoms with Gasteiger partial charge in [0.25, 0.3) is 0 Å². The zero-order valence-electron chi connectivity index (χ0n) is 14.5. The summed E-state index contributed by atoms with van der Waals surface area (Å²) in [6, 6.07) is 6.77. The van der Waals surface area contributed by atoms with Crippen molar-refractivity contribution in [1.82, 2.24) is 15.6 Å². The van der Waals surface area contributed by atoms with Gasteiger partial charge in [0, 0.05) is 13.6 Å². The molecule has 3 rings (SSSR count). The fourth-order valence-electron chi connectivity index (χ4n) is 2.92. The van der Waals surface area contributed by atoms with Crippen molar-refractivity contribution in [1.29, 1.82) is 0 Å². The first-order chi connectivity index (χ1) is 11.2. The first kappa shape index (κ1) is 18.8. The number of aliphatic imine (C=N–C) groups is 1. The van der Waals surface area contributed by atoms with E-state index < -0.39 is 0 Å². The number of nitrogens with zero attached hydrogens (tertiary/aromatic N) is 2. The lowest BCUT2D eigenvalue weighted by molar-refractivity contribution is 0.463. The molecule has 0 radical (unpaired) electrons. The number of halogens is 1.